The van der Waals surface area contributed by atoms with Crippen molar-refractivity contribution in [3.05, 3.63) is 12.7 Å². The zero-order valence-corrected chi connectivity index (χ0v) is 11.4. The number of carboxylic acid groups (broad SMARTS) is 1. The maximum atomic E-state index is 11.7. The first-order chi connectivity index (χ1) is 8.79. The summed E-state index contributed by atoms with van der Waals surface area (Å²) >= 11 is 0. The van der Waals surface area contributed by atoms with Crippen LogP contribution in [0, 0.1) is 0 Å². The van der Waals surface area contributed by atoms with E-state index < -0.39 is 23.4 Å². The topological polar surface area (TPSA) is 92.7 Å². The highest BCUT2D eigenvalue weighted by Crippen LogP contribution is 2.07. The van der Waals surface area contributed by atoms with E-state index >= 15 is 0 Å². The molecule has 0 radical (unpaired) electrons. The molecule has 108 valence electrons. The first-order valence-corrected chi connectivity index (χ1v) is 6.13. The number of carbonyl (C=O) groups is 3. The van der Waals surface area contributed by atoms with E-state index in [-0.39, 0.29) is 13.0 Å². The van der Waals surface area contributed by atoms with Gasteiger partial charge in [0.05, 0.1) is 6.61 Å². The fourth-order valence-corrected chi connectivity index (χ4v) is 1.31. The average Bonchev–Trinajstić information content (AvgIpc) is 2.32. The summed E-state index contributed by atoms with van der Waals surface area (Å²) in [5, 5.41) is 10.9. The molecule has 0 rings (SSSR count). The summed E-state index contributed by atoms with van der Waals surface area (Å²) in [6, 6.07) is 0. The molecule has 0 aromatic carbocycles. The third-order valence-electron chi connectivity index (χ3n) is 2.40. The lowest BCUT2D eigenvalue weighted by Crippen LogP contribution is -2.50. The number of nitrogens with one attached hydrogen (secondary N) is 1. The second kappa shape index (κ2) is 8.29. The molecule has 0 fully saturated rings. The lowest BCUT2D eigenvalue weighted by molar-refractivity contribution is -0.152. The fourth-order valence-electron chi connectivity index (χ4n) is 1.31. The summed E-state index contributed by atoms with van der Waals surface area (Å²) in [6.45, 7) is 6.60. The maximum absolute atomic E-state index is 11.7. The Bertz CT molecular complexity index is 349. The van der Waals surface area contributed by atoms with Crippen LogP contribution in [0.4, 0.5) is 0 Å². The minimum absolute atomic E-state index is 0.120. The Morgan fingerprint density at radius 1 is 1.26 bits per heavy atom. The standard InChI is InChI=1S/C13H21NO5/c1-4-10(15)14-13(2,3)12(18)19-9-7-5-6-8-11(16)17/h4H,1,5-9H2,2-3H3,(H,14,15)(H,16,17). The molecule has 2 N–H and O–H groups in total. The van der Waals surface area contributed by atoms with Gasteiger partial charge in [0.15, 0.2) is 0 Å². The van der Waals surface area contributed by atoms with Crippen LogP contribution in [0.1, 0.15) is 39.5 Å². The minimum atomic E-state index is -1.10. The van der Waals surface area contributed by atoms with Gasteiger partial charge in [-0.2, -0.15) is 0 Å². The zero-order chi connectivity index (χ0) is 14.9. The fraction of sp³-hybridized carbons (Fsp3) is 0.615. The van der Waals surface area contributed by atoms with Crippen molar-refractivity contribution >= 4 is 17.8 Å². The molecule has 0 saturated heterocycles. The molecule has 1 amide bonds. The Morgan fingerprint density at radius 3 is 2.42 bits per heavy atom. The number of rotatable bonds is 9. The molecule has 0 heterocycles. The van der Waals surface area contributed by atoms with Crippen molar-refractivity contribution in [2.75, 3.05) is 6.61 Å². The van der Waals surface area contributed by atoms with Gasteiger partial charge in [0.1, 0.15) is 5.54 Å². The predicted octanol–water partition coefficient (Wildman–Crippen LogP) is 1.26. The van der Waals surface area contributed by atoms with Crippen LogP contribution in [-0.2, 0) is 19.1 Å². The third kappa shape index (κ3) is 7.96. The van der Waals surface area contributed by atoms with Crippen molar-refractivity contribution < 1.29 is 24.2 Å². The van der Waals surface area contributed by atoms with Gasteiger partial charge >= 0.3 is 11.9 Å². The van der Waals surface area contributed by atoms with E-state index in [2.05, 4.69) is 11.9 Å². The number of ether oxygens (including phenoxy) is 1. The summed E-state index contributed by atoms with van der Waals surface area (Å²) < 4.78 is 5.02. The predicted molar refractivity (Wildman–Crippen MR) is 69.5 cm³/mol. The van der Waals surface area contributed by atoms with Crippen molar-refractivity contribution in [1.29, 1.82) is 0 Å². The molecule has 0 aromatic rings. The highest BCUT2D eigenvalue weighted by molar-refractivity contribution is 5.92. The molecule has 0 unspecified atom stereocenters. The highest BCUT2D eigenvalue weighted by atomic mass is 16.5. The SMILES string of the molecule is C=CC(=O)NC(C)(C)C(=O)OCCCCCC(=O)O. The van der Waals surface area contributed by atoms with Gasteiger partial charge in [-0.05, 0) is 39.2 Å². The zero-order valence-electron chi connectivity index (χ0n) is 11.4. The van der Waals surface area contributed by atoms with Gasteiger partial charge in [-0.3, -0.25) is 9.59 Å². The van der Waals surface area contributed by atoms with Gasteiger partial charge in [0.2, 0.25) is 5.91 Å². The Kier molecular flexibility index (Phi) is 7.48. The first-order valence-electron chi connectivity index (χ1n) is 6.13. The maximum Gasteiger partial charge on any atom is 0.331 e. The lowest BCUT2D eigenvalue weighted by Gasteiger charge is -2.23. The van der Waals surface area contributed by atoms with Crippen LogP contribution in [0.2, 0.25) is 0 Å². The van der Waals surface area contributed by atoms with Crippen LogP contribution in [0.15, 0.2) is 12.7 Å². The Balaban J connectivity index is 3.87. The molecule has 0 aromatic heterocycles. The van der Waals surface area contributed by atoms with Gasteiger partial charge in [0, 0.05) is 6.42 Å². The van der Waals surface area contributed by atoms with Gasteiger partial charge in [-0.15, -0.1) is 0 Å². The molecule has 19 heavy (non-hydrogen) atoms. The molecular weight excluding hydrogens is 250 g/mol. The van der Waals surface area contributed by atoms with E-state index in [4.69, 9.17) is 9.84 Å². The first kappa shape index (κ1) is 17.2. The van der Waals surface area contributed by atoms with Crippen LogP contribution in [0.5, 0.6) is 0 Å². The molecule has 0 bridgehead atoms. The van der Waals surface area contributed by atoms with Crippen LogP contribution in [0.25, 0.3) is 0 Å². The van der Waals surface area contributed by atoms with E-state index in [0.29, 0.717) is 19.3 Å². The number of esters is 1. The summed E-state index contributed by atoms with van der Waals surface area (Å²) in [6.07, 6.45) is 3.04. The highest BCUT2D eigenvalue weighted by Gasteiger charge is 2.30. The van der Waals surface area contributed by atoms with E-state index in [1.165, 1.54) is 0 Å². The van der Waals surface area contributed by atoms with Crippen LogP contribution in [0.3, 0.4) is 0 Å². The summed E-state index contributed by atoms with van der Waals surface area (Å²) in [4.78, 5) is 33.1. The monoisotopic (exact) mass is 271 g/mol. The van der Waals surface area contributed by atoms with Gasteiger partial charge in [0.25, 0.3) is 0 Å². The van der Waals surface area contributed by atoms with E-state index in [1.807, 2.05) is 0 Å². The van der Waals surface area contributed by atoms with Crippen molar-refractivity contribution in [2.45, 2.75) is 45.1 Å². The number of aliphatic carboxylic acids is 1. The molecule has 0 aliphatic rings. The molecule has 0 saturated carbocycles. The number of carboxylic acids is 1. The van der Waals surface area contributed by atoms with Crippen LogP contribution < -0.4 is 5.32 Å². The van der Waals surface area contributed by atoms with Crippen molar-refractivity contribution in [3.63, 3.8) is 0 Å². The van der Waals surface area contributed by atoms with Crippen molar-refractivity contribution in [2.24, 2.45) is 0 Å². The third-order valence-corrected chi connectivity index (χ3v) is 2.40. The molecule has 0 atom stereocenters. The number of hydrogen-bond acceptors (Lipinski definition) is 4. The number of hydrogen-bond donors (Lipinski definition) is 2. The summed E-state index contributed by atoms with van der Waals surface area (Å²) in [5.41, 5.74) is -1.10. The Morgan fingerprint density at radius 2 is 1.89 bits per heavy atom. The second-order valence-corrected chi connectivity index (χ2v) is 4.66. The van der Waals surface area contributed by atoms with Gasteiger partial charge in [-0.1, -0.05) is 6.58 Å². The number of carbonyl (C=O) groups excluding carboxylic acids is 2. The molecule has 0 spiro atoms. The largest absolute Gasteiger partial charge is 0.481 e. The molecule has 0 aliphatic heterocycles. The van der Waals surface area contributed by atoms with Crippen molar-refractivity contribution in [3.8, 4) is 0 Å². The molecular formula is C13H21NO5. The van der Waals surface area contributed by atoms with E-state index in [1.54, 1.807) is 13.8 Å². The quantitative estimate of drug-likeness (QED) is 0.374. The lowest BCUT2D eigenvalue weighted by atomic mass is 10.1. The molecule has 0 aliphatic carbocycles. The van der Waals surface area contributed by atoms with E-state index in [9.17, 15) is 14.4 Å². The van der Waals surface area contributed by atoms with Crippen LogP contribution in [-0.4, -0.2) is 35.1 Å². The normalized spacial score (nSPS) is 10.6. The Hall–Kier alpha value is -1.85. The van der Waals surface area contributed by atoms with Crippen molar-refractivity contribution in [1.82, 2.24) is 5.32 Å². The Labute approximate surface area is 112 Å². The smallest absolute Gasteiger partial charge is 0.331 e. The number of amides is 1. The average molecular weight is 271 g/mol. The molecule has 6 heteroatoms. The second-order valence-electron chi connectivity index (χ2n) is 4.66. The van der Waals surface area contributed by atoms with Gasteiger partial charge < -0.3 is 15.2 Å². The minimum Gasteiger partial charge on any atom is -0.481 e. The van der Waals surface area contributed by atoms with Crippen LogP contribution >= 0.6 is 0 Å². The number of unbranched alkanes of at least 4 members (excludes halogenated alkanes) is 2. The molecule has 6 nitrogen and oxygen atoms in total. The summed E-state index contributed by atoms with van der Waals surface area (Å²) in [7, 11) is 0. The van der Waals surface area contributed by atoms with Gasteiger partial charge in [-0.25, -0.2) is 4.79 Å². The van der Waals surface area contributed by atoms with E-state index in [0.717, 1.165) is 6.08 Å². The summed E-state index contributed by atoms with van der Waals surface area (Å²) in [5.74, 6) is -1.80.